The van der Waals surface area contributed by atoms with E-state index in [0.717, 1.165) is 49.3 Å². The van der Waals surface area contributed by atoms with Crippen LogP contribution in [0.1, 0.15) is 37.4 Å². The lowest BCUT2D eigenvalue weighted by molar-refractivity contribution is -0.129. The van der Waals surface area contributed by atoms with Crippen LogP contribution in [0.5, 0.6) is 0 Å². The average molecular weight is 391 g/mol. The summed E-state index contributed by atoms with van der Waals surface area (Å²) in [6, 6.07) is 4.07. The molecule has 2 saturated heterocycles. The molecule has 2 aliphatic heterocycles. The van der Waals surface area contributed by atoms with Crippen molar-refractivity contribution in [2.24, 2.45) is 0 Å². The van der Waals surface area contributed by atoms with E-state index in [1.54, 1.807) is 4.90 Å². The van der Waals surface area contributed by atoms with E-state index in [2.05, 4.69) is 21.0 Å². The van der Waals surface area contributed by atoms with Crippen LogP contribution in [-0.4, -0.2) is 72.0 Å². The van der Waals surface area contributed by atoms with Gasteiger partial charge < -0.3 is 9.80 Å². The molecule has 1 unspecified atom stereocenters. The summed E-state index contributed by atoms with van der Waals surface area (Å²) < 4.78 is 24.6. The van der Waals surface area contributed by atoms with Crippen molar-refractivity contribution in [1.82, 2.24) is 19.5 Å². The molecule has 0 N–H and O–H groups in total. The van der Waals surface area contributed by atoms with Gasteiger partial charge in [0.2, 0.25) is 5.91 Å². The minimum atomic E-state index is -3.32. The van der Waals surface area contributed by atoms with Crippen LogP contribution < -0.4 is 4.90 Å². The van der Waals surface area contributed by atoms with Gasteiger partial charge in [-0.25, -0.2) is 17.9 Å². The zero-order valence-electron chi connectivity index (χ0n) is 15.5. The molecule has 0 aliphatic carbocycles. The molecule has 146 valence electrons. The van der Waals surface area contributed by atoms with Gasteiger partial charge in [0, 0.05) is 38.4 Å². The number of carbonyl (C=O) groups excluding carboxylic acids is 1. The molecule has 0 bridgehead atoms. The van der Waals surface area contributed by atoms with E-state index in [1.165, 1.54) is 12.8 Å². The lowest BCUT2D eigenvalue weighted by atomic mass is 9.97. The maximum atomic E-state index is 12.2. The second kappa shape index (κ2) is 7.10. The van der Waals surface area contributed by atoms with E-state index in [1.807, 2.05) is 16.8 Å². The summed E-state index contributed by atoms with van der Waals surface area (Å²) in [5.41, 5.74) is 1.96. The molecule has 4 rings (SSSR count). The van der Waals surface area contributed by atoms with Gasteiger partial charge in [-0.2, -0.15) is 5.10 Å². The molecule has 8 nitrogen and oxygen atoms in total. The Morgan fingerprint density at radius 2 is 1.96 bits per heavy atom. The van der Waals surface area contributed by atoms with Crippen LogP contribution >= 0.6 is 0 Å². The fourth-order valence-electron chi connectivity index (χ4n) is 3.95. The Kier molecular flexibility index (Phi) is 4.79. The van der Waals surface area contributed by atoms with Crippen LogP contribution in [0.2, 0.25) is 0 Å². The fourth-order valence-corrected chi connectivity index (χ4v) is 4.59. The zero-order chi connectivity index (χ0) is 19.0. The first-order valence-electron chi connectivity index (χ1n) is 9.46. The van der Waals surface area contributed by atoms with Crippen LogP contribution in [-0.2, 0) is 14.6 Å². The number of rotatable bonds is 4. The van der Waals surface area contributed by atoms with E-state index in [-0.39, 0.29) is 11.8 Å². The number of likely N-dealkylation sites (tertiary alicyclic amines) is 1. The molecule has 2 aromatic rings. The fraction of sp³-hybridized carbons (Fsp3) is 0.611. The lowest BCUT2D eigenvalue weighted by Crippen LogP contribution is -2.42. The quantitative estimate of drug-likeness (QED) is 0.775. The van der Waals surface area contributed by atoms with E-state index in [0.29, 0.717) is 13.1 Å². The zero-order valence-corrected chi connectivity index (χ0v) is 16.4. The summed E-state index contributed by atoms with van der Waals surface area (Å²) >= 11 is 0. The molecule has 9 heteroatoms. The van der Waals surface area contributed by atoms with Gasteiger partial charge in [0.1, 0.15) is 5.75 Å². The predicted octanol–water partition coefficient (Wildman–Crippen LogP) is 1.08. The topological polar surface area (TPSA) is 87.9 Å². The standard InChI is InChI=1S/C18H25N5O3S/c1-27(25,26)13-17(24)22-10-4-5-14(11-22)18-19-16-7-6-15(12-23(16)20-18)21-8-2-3-9-21/h6-7,12,14H,2-5,8-11,13H2,1H3. The number of piperidine rings is 1. The average Bonchev–Trinajstić information content (AvgIpc) is 3.29. The molecule has 2 aromatic heterocycles. The highest BCUT2D eigenvalue weighted by Crippen LogP contribution is 2.26. The number of hydrogen-bond acceptors (Lipinski definition) is 6. The molecular weight excluding hydrogens is 366 g/mol. The third-order valence-corrected chi connectivity index (χ3v) is 6.10. The maximum Gasteiger partial charge on any atom is 0.237 e. The Morgan fingerprint density at radius 1 is 1.19 bits per heavy atom. The molecular formula is C18H25N5O3S. The SMILES string of the molecule is CS(=O)(=O)CC(=O)N1CCCC(c2nc3ccc(N4CCCC4)cn3n2)C1. The van der Waals surface area contributed by atoms with Crippen molar-refractivity contribution in [3.05, 3.63) is 24.2 Å². The van der Waals surface area contributed by atoms with E-state index in [9.17, 15) is 13.2 Å². The Morgan fingerprint density at radius 3 is 2.70 bits per heavy atom. The van der Waals surface area contributed by atoms with Crippen molar-refractivity contribution >= 4 is 27.1 Å². The number of aromatic nitrogens is 3. The second-order valence-electron chi connectivity index (χ2n) is 7.60. The van der Waals surface area contributed by atoms with Crippen LogP contribution in [0, 0.1) is 0 Å². The van der Waals surface area contributed by atoms with Gasteiger partial charge in [0.05, 0.1) is 11.9 Å². The van der Waals surface area contributed by atoms with Crippen molar-refractivity contribution in [3.8, 4) is 0 Å². The maximum absolute atomic E-state index is 12.2. The first-order chi connectivity index (χ1) is 12.9. The minimum absolute atomic E-state index is 0.0393. The summed E-state index contributed by atoms with van der Waals surface area (Å²) in [6.07, 6.45) is 7.29. The number of pyridine rings is 1. The van der Waals surface area contributed by atoms with Gasteiger partial charge >= 0.3 is 0 Å². The highest BCUT2D eigenvalue weighted by Gasteiger charge is 2.29. The lowest BCUT2D eigenvalue weighted by Gasteiger charge is -2.31. The van der Waals surface area contributed by atoms with Gasteiger partial charge in [-0.1, -0.05) is 0 Å². The molecule has 0 aromatic carbocycles. The largest absolute Gasteiger partial charge is 0.370 e. The molecule has 4 heterocycles. The number of hydrogen-bond donors (Lipinski definition) is 0. The molecule has 27 heavy (non-hydrogen) atoms. The van der Waals surface area contributed by atoms with Gasteiger partial charge in [0.25, 0.3) is 0 Å². The third-order valence-electron chi connectivity index (χ3n) is 5.33. The van der Waals surface area contributed by atoms with Crippen molar-refractivity contribution in [3.63, 3.8) is 0 Å². The van der Waals surface area contributed by atoms with Crippen LogP contribution in [0.25, 0.3) is 5.65 Å². The Balaban J connectivity index is 1.52. The number of fused-ring (bicyclic) bond motifs is 1. The highest BCUT2D eigenvalue weighted by molar-refractivity contribution is 7.91. The summed E-state index contributed by atoms with van der Waals surface area (Å²) in [5.74, 6) is 0.00226. The Hall–Kier alpha value is -2.16. The first-order valence-corrected chi connectivity index (χ1v) is 11.5. The predicted molar refractivity (Wildman–Crippen MR) is 103 cm³/mol. The highest BCUT2D eigenvalue weighted by atomic mass is 32.2. The Bertz CT molecular complexity index is 949. The van der Waals surface area contributed by atoms with Crippen molar-refractivity contribution in [1.29, 1.82) is 0 Å². The van der Waals surface area contributed by atoms with Gasteiger partial charge in [-0.05, 0) is 37.8 Å². The number of sulfone groups is 1. The third kappa shape index (κ3) is 4.07. The Labute approximate surface area is 159 Å². The molecule has 2 aliphatic rings. The molecule has 1 atom stereocenters. The van der Waals surface area contributed by atoms with E-state index in [4.69, 9.17) is 0 Å². The van der Waals surface area contributed by atoms with Crippen molar-refractivity contribution < 1.29 is 13.2 Å². The summed E-state index contributed by atoms with van der Waals surface area (Å²) in [6.45, 7) is 3.22. The summed E-state index contributed by atoms with van der Waals surface area (Å²) in [5, 5.41) is 4.66. The van der Waals surface area contributed by atoms with E-state index >= 15 is 0 Å². The van der Waals surface area contributed by atoms with Gasteiger partial charge in [-0.3, -0.25) is 4.79 Å². The molecule has 0 saturated carbocycles. The number of anilines is 1. The number of amides is 1. The molecule has 1 amide bonds. The molecule has 0 radical (unpaired) electrons. The van der Waals surface area contributed by atoms with Crippen LogP contribution in [0.3, 0.4) is 0 Å². The van der Waals surface area contributed by atoms with Crippen LogP contribution in [0.4, 0.5) is 5.69 Å². The number of carbonyl (C=O) groups is 1. The van der Waals surface area contributed by atoms with Gasteiger partial charge in [0.15, 0.2) is 21.3 Å². The monoisotopic (exact) mass is 391 g/mol. The summed E-state index contributed by atoms with van der Waals surface area (Å²) in [4.78, 5) is 20.9. The number of nitrogens with zero attached hydrogens (tertiary/aromatic N) is 5. The van der Waals surface area contributed by atoms with Crippen LogP contribution in [0.15, 0.2) is 18.3 Å². The summed E-state index contributed by atoms with van der Waals surface area (Å²) in [7, 11) is -3.32. The smallest absolute Gasteiger partial charge is 0.237 e. The van der Waals surface area contributed by atoms with Crippen molar-refractivity contribution in [2.75, 3.05) is 43.1 Å². The van der Waals surface area contributed by atoms with Gasteiger partial charge in [-0.15, -0.1) is 0 Å². The first kappa shape index (κ1) is 18.2. The minimum Gasteiger partial charge on any atom is -0.370 e. The van der Waals surface area contributed by atoms with Crippen molar-refractivity contribution in [2.45, 2.75) is 31.6 Å². The molecule has 2 fully saturated rings. The second-order valence-corrected chi connectivity index (χ2v) is 9.74. The van der Waals surface area contributed by atoms with E-state index < -0.39 is 15.6 Å². The normalized spacial score (nSPS) is 21.1. The molecule has 0 spiro atoms.